The van der Waals surface area contributed by atoms with E-state index in [2.05, 4.69) is 9.97 Å². The van der Waals surface area contributed by atoms with E-state index in [-0.39, 0.29) is 0 Å². The zero-order chi connectivity index (χ0) is 9.14. The molecule has 0 radical (unpaired) electrons. The highest BCUT2D eigenvalue weighted by atomic mass is 35.5. The van der Waals surface area contributed by atoms with E-state index >= 15 is 0 Å². The van der Waals surface area contributed by atoms with Gasteiger partial charge >= 0.3 is 0 Å². The number of aryl methyl sites for hydroxylation is 1. The fraction of sp³-hybridized carbons (Fsp3) is 0.500. The molecule has 3 nitrogen and oxygen atoms in total. The summed E-state index contributed by atoms with van der Waals surface area (Å²) in [6.45, 7) is 4.82. The molecule has 66 valence electrons. The number of aromatic nitrogens is 2. The Morgan fingerprint density at radius 1 is 1.50 bits per heavy atom. The van der Waals surface area contributed by atoms with Crippen LogP contribution in [0.2, 0.25) is 5.15 Å². The molecule has 0 atom stereocenters. The van der Waals surface area contributed by atoms with Crippen LogP contribution in [0.5, 0.6) is 0 Å². The summed E-state index contributed by atoms with van der Waals surface area (Å²) in [5.41, 5.74) is 0.894. The number of hydrogen-bond donors (Lipinski definition) is 0. The number of rotatable bonds is 2. The molecule has 0 bridgehead atoms. The molecule has 0 aliphatic carbocycles. The van der Waals surface area contributed by atoms with Crippen LogP contribution in [0.25, 0.3) is 0 Å². The number of hydrogen-bond acceptors (Lipinski definition) is 3. The van der Waals surface area contributed by atoms with Gasteiger partial charge in [-0.25, -0.2) is 9.97 Å². The molecule has 12 heavy (non-hydrogen) atoms. The van der Waals surface area contributed by atoms with Gasteiger partial charge in [0.1, 0.15) is 5.15 Å². The van der Waals surface area contributed by atoms with Crippen molar-refractivity contribution >= 4 is 17.5 Å². The fourth-order valence-electron chi connectivity index (χ4n) is 0.827. The average Bonchev–Trinajstić information content (AvgIpc) is 2.01. The number of nitrogens with zero attached hydrogens (tertiary/aromatic N) is 3. The van der Waals surface area contributed by atoms with Crippen molar-refractivity contribution in [2.24, 2.45) is 0 Å². The van der Waals surface area contributed by atoms with E-state index in [4.69, 9.17) is 11.6 Å². The van der Waals surface area contributed by atoms with E-state index in [9.17, 15) is 0 Å². The second kappa shape index (κ2) is 3.72. The zero-order valence-electron chi connectivity index (χ0n) is 7.50. The summed E-state index contributed by atoms with van der Waals surface area (Å²) in [6, 6.07) is 1.74. The molecular formula is C8H12ClN3. The van der Waals surface area contributed by atoms with E-state index in [1.165, 1.54) is 0 Å². The van der Waals surface area contributed by atoms with Crippen molar-refractivity contribution in [2.45, 2.75) is 13.8 Å². The lowest BCUT2D eigenvalue weighted by molar-refractivity contribution is 0.892. The smallest absolute Gasteiger partial charge is 0.226 e. The van der Waals surface area contributed by atoms with Crippen LogP contribution in [0.3, 0.4) is 0 Å². The monoisotopic (exact) mass is 185 g/mol. The highest BCUT2D eigenvalue weighted by Crippen LogP contribution is 2.11. The predicted octanol–water partition coefficient (Wildman–Crippen LogP) is 1.89. The summed E-state index contributed by atoms with van der Waals surface area (Å²) in [7, 11) is 1.94. The van der Waals surface area contributed by atoms with Crippen LogP contribution < -0.4 is 4.90 Å². The number of halogens is 1. The summed E-state index contributed by atoms with van der Waals surface area (Å²) in [5.74, 6) is 0.683. The van der Waals surface area contributed by atoms with E-state index in [0.29, 0.717) is 11.1 Å². The van der Waals surface area contributed by atoms with Gasteiger partial charge in [-0.15, -0.1) is 0 Å². The van der Waals surface area contributed by atoms with Crippen molar-refractivity contribution in [2.75, 3.05) is 18.5 Å². The topological polar surface area (TPSA) is 29.0 Å². The largest absolute Gasteiger partial charge is 0.344 e. The zero-order valence-corrected chi connectivity index (χ0v) is 8.26. The number of anilines is 1. The first kappa shape index (κ1) is 9.26. The van der Waals surface area contributed by atoms with Gasteiger partial charge in [-0.05, 0) is 19.9 Å². The molecule has 0 unspecified atom stereocenters. The van der Waals surface area contributed by atoms with Crippen LogP contribution in [0, 0.1) is 6.92 Å². The van der Waals surface area contributed by atoms with E-state index in [1.54, 1.807) is 6.07 Å². The molecular weight excluding hydrogens is 174 g/mol. The van der Waals surface area contributed by atoms with Gasteiger partial charge in [0.15, 0.2) is 0 Å². The van der Waals surface area contributed by atoms with Gasteiger partial charge in [0, 0.05) is 19.3 Å². The highest BCUT2D eigenvalue weighted by Gasteiger charge is 2.03. The maximum absolute atomic E-state index is 5.77. The van der Waals surface area contributed by atoms with Gasteiger partial charge in [-0.2, -0.15) is 0 Å². The SMILES string of the molecule is CCN(C)c1nc(C)cc(Cl)n1. The lowest BCUT2D eigenvalue weighted by Gasteiger charge is -2.14. The molecule has 1 aromatic heterocycles. The minimum atomic E-state index is 0.498. The van der Waals surface area contributed by atoms with E-state index in [1.807, 2.05) is 25.8 Å². The summed E-state index contributed by atoms with van der Waals surface area (Å²) in [4.78, 5) is 10.3. The van der Waals surface area contributed by atoms with Crippen molar-refractivity contribution in [3.63, 3.8) is 0 Å². The molecule has 1 rings (SSSR count). The van der Waals surface area contributed by atoms with Gasteiger partial charge in [0.25, 0.3) is 0 Å². The summed E-state index contributed by atoms with van der Waals surface area (Å²) in [5, 5.41) is 0.498. The predicted molar refractivity (Wildman–Crippen MR) is 50.7 cm³/mol. The molecule has 0 amide bonds. The van der Waals surface area contributed by atoms with Gasteiger partial charge in [0.2, 0.25) is 5.95 Å². The molecule has 1 aromatic rings. The van der Waals surface area contributed by atoms with Crippen molar-refractivity contribution in [1.29, 1.82) is 0 Å². The van der Waals surface area contributed by atoms with E-state index < -0.39 is 0 Å². The first-order chi connectivity index (χ1) is 5.63. The molecule has 0 spiro atoms. The molecule has 0 N–H and O–H groups in total. The maximum Gasteiger partial charge on any atom is 0.226 e. The molecule has 0 saturated carbocycles. The van der Waals surface area contributed by atoms with Gasteiger partial charge < -0.3 is 4.90 Å². The lowest BCUT2D eigenvalue weighted by atomic mass is 10.4. The van der Waals surface area contributed by atoms with Crippen LogP contribution in [0.4, 0.5) is 5.95 Å². The van der Waals surface area contributed by atoms with Crippen molar-refractivity contribution in [3.05, 3.63) is 16.9 Å². The van der Waals surface area contributed by atoms with Crippen molar-refractivity contribution in [1.82, 2.24) is 9.97 Å². The van der Waals surface area contributed by atoms with Crippen LogP contribution >= 0.6 is 11.6 Å². The first-order valence-electron chi connectivity index (χ1n) is 3.85. The molecule has 0 aliphatic rings. The average molecular weight is 186 g/mol. The molecule has 0 saturated heterocycles. The molecule has 0 aromatic carbocycles. The van der Waals surface area contributed by atoms with Crippen LogP contribution in [-0.4, -0.2) is 23.6 Å². The third-order valence-electron chi connectivity index (χ3n) is 1.63. The first-order valence-corrected chi connectivity index (χ1v) is 4.23. The Kier molecular flexibility index (Phi) is 2.87. The van der Waals surface area contributed by atoms with Gasteiger partial charge in [-0.3, -0.25) is 0 Å². The normalized spacial score (nSPS) is 10.0. The Labute approximate surface area is 77.4 Å². The van der Waals surface area contributed by atoms with Crippen molar-refractivity contribution in [3.8, 4) is 0 Å². The fourth-order valence-corrected chi connectivity index (χ4v) is 1.06. The summed E-state index contributed by atoms with van der Waals surface area (Å²) < 4.78 is 0. The van der Waals surface area contributed by atoms with E-state index in [0.717, 1.165) is 12.2 Å². The lowest BCUT2D eigenvalue weighted by Crippen LogP contribution is -2.19. The third-order valence-corrected chi connectivity index (χ3v) is 1.82. The third kappa shape index (κ3) is 2.08. The second-order valence-corrected chi connectivity index (χ2v) is 3.03. The quantitative estimate of drug-likeness (QED) is 0.659. The Bertz CT molecular complexity index is 255. The molecule has 1 heterocycles. The second-order valence-electron chi connectivity index (χ2n) is 2.65. The summed E-state index contributed by atoms with van der Waals surface area (Å²) in [6.07, 6.45) is 0. The summed E-state index contributed by atoms with van der Waals surface area (Å²) >= 11 is 5.77. The minimum Gasteiger partial charge on any atom is -0.344 e. The van der Waals surface area contributed by atoms with Gasteiger partial charge in [0.05, 0.1) is 0 Å². The Balaban J connectivity index is 3.00. The van der Waals surface area contributed by atoms with Crippen LogP contribution in [0.1, 0.15) is 12.6 Å². The van der Waals surface area contributed by atoms with Crippen LogP contribution in [-0.2, 0) is 0 Å². The van der Waals surface area contributed by atoms with Crippen molar-refractivity contribution < 1.29 is 0 Å². The molecule has 0 fully saturated rings. The Morgan fingerprint density at radius 3 is 2.67 bits per heavy atom. The Morgan fingerprint density at radius 2 is 2.17 bits per heavy atom. The maximum atomic E-state index is 5.77. The van der Waals surface area contributed by atoms with Gasteiger partial charge in [-0.1, -0.05) is 11.6 Å². The minimum absolute atomic E-state index is 0.498. The highest BCUT2D eigenvalue weighted by molar-refractivity contribution is 6.29. The molecule has 4 heteroatoms. The van der Waals surface area contributed by atoms with Crippen LogP contribution in [0.15, 0.2) is 6.07 Å². The Hall–Kier alpha value is -0.830. The standard InChI is InChI=1S/C8H12ClN3/c1-4-12(3)8-10-6(2)5-7(9)11-8/h5H,4H2,1-3H3. The molecule has 0 aliphatic heterocycles.